The molecule has 0 spiro atoms. The summed E-state index contributed by atoms with van der Waals surface area (Å²) in [6.45, 7) is 6.05. The molecule has 4 rings (SSSR count). The second-order valence-corrected chi connectivity index (χ2v) is 9.02. The van der Waals surface area contributed by atoms with Gasteiger partial charge >= 0.3 is 0 Å². The topological polar surface area (TPSA) is 88.2 Å². The summed E-state index contributed by atoms with van der Waals surface area (Å²) in [7, 11) is 0. The monoisotopic (exact) mass is 429 g/mol. The number of hydrogen-bond acceptors (Lipinski definition) is 5. The summed E-state index contributed by atoms with van der Waals surface area (Å²) in [5, 5.41) is 2.97. The van der Waals surface area contributed by atoms with E-state index in [9.17, 15) is 14.4 Å². The maximum absolute atomic E-state index is 13.1. The van der Waals surface area contributed by atoms with Crippen molar-refractivity contribution in [1.29, 1.82) is 0 Å². The van der Waals surface area contributed by atoms with Crippen molar-refractivity contribution in [3.05, 3.63) is 18.2 Å². The van der Waals surface area contributed by atoms with Crippen molar-refractivity contribution in [3.8, 4) is 11.5 Å². The van der Waals surface area contributed by atoms with Crippen LogP contribution in [0.1, 0.15) is 46.0 Å². The van der Waals surface area contributed by atoms with Crippen molar-refractivity contribution in [3.63, 3.8) is 0 Å². The molecule has 0 aromatic heterocycles. The molecule has 0 bridgehead atoms. The Bertz CT molecular complexity index is 850. The van der Waals surface area contributed by atoms with Crippen LogP contribution in [-0.2, 0) is 14.4 Å². The van der Waals surface area contributed by atoms with Crippen molar-refractivity contribution < 1.29 is 23.9 Å². The molecule has 2 saturated heterocycles. The molecule has 1 N–H and O–H groups in total. The number of hydrogen-bond donors (Lipinski definition) is 1. The van der Waals surface area contributed by atoms with Gasteiger partial charge in [0.2, 0.25) is 24.5 Å². The quantitative estimate of drug-likeness (QED) is 0.750. The molecule has 3 aliphatic heterocycles. The summed E-state index contributed by atoms with van der Waals surface area (Å²) < 4.78 is 10.7. The molecule has 3 amide bonds. The molecule has 8 nitrogen and oxygen atoms in total. The minimum atomic E-state index is -0.541. The lowest BCUT2D eigenvalue weighted by molar-refractivity contribution is -0.138. The number of amides is 3. The van der Waals surface area contributed by atoms with Gasteiger partial charge in [-0.3, -0.25) is 14.4 Å². The number of carbonyl (C=O) groups excluding carboxylic acids is 3. The molecule has 2 atom stereocenters. The van der Waals surface area contributed by atoms with E-state index in [1.807, 2.05) is 18.7 Å². The van der Waals surface area contributed by atoms with Gasteiger partial charge in [0, 0.05) is 37.8 Å². The summed E-state index contributed by atoms with van der Waals surface area (Å²) in [5.74, 6) is 0.698. The number of nitrogens with one attached hydrogen (secondary N) is 1. The fourth-order valence-electron chi connectivity index (χ4n) is 4.50. The normalized spacial score (nSPS) is 21.5. The van der Waals surface area contributed by atoms with E-state index in [2.05, 4.69) is 5.32 Å². The van der Waals surface area contributed by atoms with Crippen LogP contribution in [0.15, 0.2) is 18.2 Å². The lowest BCUT2D eigenvalue weighted by Gasteiger charge is -2.31. The number of nitrogens with zero attached hydrogens (tertiary/aromatic N) is 2. The van der Waals surface area contributed by atoms with E-state index in [4.69, 9.17) is 9.47 Å². The van der Waals surface area contributed by atoms with Crippen LogP contribution in [0, 0.1) is 11.8 Å². The zero-order valence-electron chi connectivity index (χ0n) is 18.3. The fourth-order valence-corrected chi connectivity index (χ4v) is 4.50. The van der Waals surface area contributed by atoms with Crippen LogP contribution < -0.4 is 19.7 Å². The van der Waals surface area contributed by atoms with Gasteiger partial charge in [0.1, 0.15) is 6.04 Å². The molecule has 0 aliphatic carbocycles. The van der Waals surface area contributed by atoms with Crippen molar-refractivity contribution >= 4 is 23.4 Å². The van der Waals surface area contributed by atoms with Gasteiger partial charge in [0.05, 0.1) is 5.92 Å². The molecular formula is C23H31N3O5. The van der Waals surface area contributed by atoms with Crippen molar-refractivity contribution in [2.45, 2.75) is 52.0 Å². The van der Waals surface area contributed by atoms with Gasteiger partial charge in [-0.1, -0.05) is 13.8 Å². The molecule has 0 saturated carbocycles. The van der Waals surface area contributed by atoms with Crippen LogP contribution in [0.2, 0.25) is 0 Å². The smallest absolute Gasteiger partial charge is 0.245 e. The predicted molar refractivity (Wildman–Crippen MR) is 115 cm³/mol. The first-order chi connectivity index (χ1) is 14.9. The van der Waals surface area contributed by atoms with E-state index in [-0.39, 0.29) is 43.4 Å². The summed E-state index contributed by atoms with van der Waals surface area (Å²) in [4.78, 5) is 42.2. The van der Waals surface area contributed by atoms with Gasteiger partial charge in [-0.2, -0.15) is 0 Å². The van der Waals surface area contributed by atoms with Crippen LogP contribution in [0.4, 0.5) is 5.69 Å². The number of rotatable bonds is 6. The third-order valence-electron chi connectivity index (χ3n) is 6.15. The Hall–Kier alpha value is -2.77. The summed E-state index contributed by atoms with van der Waals surface area (Å²) in [6, 6.07) is 4.80. The average molecular weight is 430 g/mol. The molecule has 3 aliphatic rings. The highest BCUT2D eigenvalue weighted by atomic mass is 16.7. The van der Waals surface area contributed by atoms with Gasteiger partial charge in [-0.25, -0.2) is 0 Å². The minimum Gasteiger partial charge on any atom is -0.454 e. The lowest BCUT2D eigenvalue weighted by atomic mass is 9.99. The van der Waals surface area contributed by atoms with Crippen LogP contribution in [-0.4, -0.2) is 55.1 Å². The Balaban J connectivity index is 1.41. The Labute approximate surface area is 182 Å². The molecule has 0 radical (unpaired) electrons. The zero-order valence-corrected chi connectivity index (χ0v) is 18.3. The van der Waals surface area contributed by atoms with Gasteiger partial charge in [0.15, 0.2) is 11.5 Å². The van der Waals surface area contributed by atoms with Crippen LogP contribution in [0.3, 0.4) is 0 Å². The molecule has 3 heterocycles. The SMILES string of the molecule is CC(C)CC(NC(=O)C1CC(=O)N(c2ccc3c(c2)OCO3)C1)C(=O)N1CCCCC1. The number of benzene rings is 1. The maximum Gasteiger partial charge on any atom is 0.245 e. The minimum absolute atomic E-state index is 0.00120. The van der Waals surface area contributed by atoms with Crippen LogP contribution >= 0.6 is 0 Å². The first kappa shape index (κ1) is 21.5. The molecule has 1 aromatic rings. The molecule has 31 heavy (non-hydrogen) atoms. The van der Waals surface area contributed by atoms with E-state index in [1.165, 1.54) is 0 Å². The third-order valence-corrected chi connectivity index (χ3v) is 6.15. The molecule has 1 aromatic carbocycles. The van der Waals surface area contributed by atoms with E-state index >= 15 is 0 Å². The maximum atomic E-state index is 13.1. The first-order valence-electron chi connectivity index (χ1n) is 11.2. The van der Waals surface area contributed by atoms with E-state index in [1.54, 1.807) is 23.1 Å². The van der Waals surface area contributed by atoms with Crippen LogP contribution in [0.5, 0.6) is 11.5 Å². The summed E-state index contributed by atoms with van der Waals surface area (Å²) in [5.41, 5.74) is 0.688. The number of ether oxygens (including phenoxy) is 2. The van der Waals surface area contributed by atoms with Crippen molar-refractivity contribution in [2.75, 3.05) is 31.3 Å². The highest BCUT2D eigenvalue weighted by Gasteiger charge is 2.37. The van der Waals surface area contributed by atoms with Gasteiger partial charge < -0.3 is 24.6 Å². The highest BCUT2D eigenvalue weighted by Crippen LogP contribution is 2.37. The fraction of sp³-hybridized carbons (Fsp3) is 0.609. The Kier molecular flexibility index (Phi) is 6.34. The molecule has 2 fully saturated rings. The zero-order chi connectivity index (χ0) is 22.0. The molecule has 2 unspecified atom stereocenters. The Morgan fingerprint density at radius 2 is 1.87 bits per heavy atom. The predicted octanol–water partition coefficient (Wildman–Crippen LogP) is 2.31. The standard InChI is InChI=1S/C23H31N3O5/c1-15(2)10-18(23(29)25-8-4-3-5-9-25)24-22(28)16-11-21(27)26(13-16)17-6-7-19-20(12-17)31-14-30-19/h6-7,12,15-16,18H,3-5,8-11,13-14H2,1-2H3,(H,24,28). The Morgan fingerprint density at radius 1 is 1.13 bits per heavy atom. The van der Waals surface area contributed by atoms with Crippen molar-refractivity contribution in [1.82, 2.24) is 10.2 Å². The molecule has 168 valence electrons. The van der Waals surface area contributed by atoms with Gasteiger partial charge in [0.25, 0.3) is 0 Å². The number of carbonyl (C=O) groups is 3. The lowest BCUT2D eigenvalue weighted by Crippen LogP contribution is -2.51. The Morgan fingerprint density at radius 3 is 2.61 bits per heavy atom. The van der Waals surface area contributed by atoms with Crippen LogP contribution in [0.25, 0.3) is 0 Å². The largest absolute Gasteiger partial charge is 0.454 e. The first-order valence-corrected chi connectivity index (χ1v) is 11.2. The molecule has 8 heteroatoms. The van der Waals surface area contributed by atoms with E-state index in [0.717, 1.165) is 32.4 Å². The number of anilines is 1. The van der Waals surface area contributed by atoms with Gasteiger partial charge in [-0.15, -0.1) is 0 Å². The number of fused-ring (bicyclic) bond motifs is 1. The second-order valence-electron chi connectivity index (χ2n) is 9.02. The highest BCUT2D eigenvalue weighted by molar-refractivity contribution is 6.01. The number of piperidine rings is 1. The number of likely N-dealkylation sites (tertiary alicyclic amines) is 1. The summed E-state index contributed by atoms with van der Waals surface area (Å²) >= 11 is 0. The summed E-state index contributed by atoms with van der Waals surface area (Å²) in [6.07, 6.45) is 3.89. The third kappa shape index (κ3) is 4.78. The molecular weight excluding hydrogens is 398 g/mol. The van der Waals surface area contributed by atoms with Crippen molar-refractivity contribution in [2.24, 2.45) is 11.8 Å². The second kappa shape index (κ2) is 9.16. The van der Waals surface area contributed by atoms with E-state index < -0.39 is 12.0 Å². The average Bonchev–Trinajstić information content (AvgIpc) is 3.38. The van der Waals surface area contributed by atoms with Gasteiger partial charge in [-0.05, 0) is 43.7 Å². The van der Waals surface area contributed by atoms with E-state index in [0.29, 0.717) is 23.6 Å².